The molecule has 0 bridgehead atoms. The van der Waals surface area contributed by atoms with Gasteiger partial charge in [-0.1, -0.05) is 17.7 Å². The van der Waals surface area contributed by atoms with Gasteiger partial charge in [-0.05, 0) is 63.9 Å². The Morgan fingerprint density at radius 2 is 2.32 bits per heavy atom. The van der Waals surface area contributed by atoms with Gasteiger partial charge in [0.25, 0.3) is 5.91 Å². The zero-order valence-corrected chi connectivity index (χ0v) is 14.3. The summed E-state index contributed by atoms with van der Waals surface area (Å²) in [6, 6.07) is 5.59. The molecule has 2 atom stereocenters. The van der Waals surface area contributed by atoms with Crippen LogP contribution in [0.2, 0.25) is 5.02 Å². The number of carbonyl (C=O) groups excluding carboxylic acids is 1. The van der Waals surface area contributed by atoms with Crippen LogP contribution in [0.25, 0.3) is 0 Å². The molecule has 1 heterocycles. The minimum Gasteiger partial charge on any atom is -0.479 e. The van der Waals surface area contributed by atoms with E-state index in [2.05, 4.69) is 5.32 Å². The van der Waals surface area contributed by atoms with E-state index in [-0.39, 0.29) is 5.91 Å². The summed E-state index contributed by atoms with van der Waals surface area (Å²) >= 11 is 6.14. The van der Waals surface area contributed by atoms with Gasteiger partial charge in [0.1, 0.15) is 5.75 Å². The van der Waals surface area contributed by atoms with E-state index >= 15 is 0 Å². The lowest BCUT2D eigenvalue weighted by Crippen LogP contribution is -2.47. The van der Waals surface area contributed by atoms with E-state index in [1.807, 2.05) is 31.0 Å². The van der Waals surface area contributed by atoms with E-state index in [9.17, 15) is 4.79 Å². The third-order valence-corrected chi connectivity index (χ3v) is 4.37. The maximum Gasteiger partial charge on any atom is 0.263 e. The minimum absolute atomic E-state index is 0.0402. The molecule has 0 unspecified atom stereocenters. The van der Waals surface area contributed by atoms with Crippen molar-refractivity contribution in [3.63, 3.8) is 0 Å². The number of aryl methyl sites for hydroxylation is 1. The van der Waals surface area contributed by atoms with Crippen molar-refractivity contribution in [2.75, 3.05) is 26.7 Å². The van der Waals surface area contributed by atoms with E-state index in [0.717, 1.165) is 31.6 Å². The molecule has 0 radical (unpaired) electrons. The first-order valence-electron chi connectivity index (χ1n) is 7.87. The smallest absolute Gasteiger partial charge is 0.263 e. The van der Waals surface area contributed by atoms with E-state index in [1.165, 1.54) is 6.42 Å². The Bertz CT molecular complexity index is 519. The number of carbonyl (C=O) groups is 1. The molecule has 0 spiro atoms. The maximum absolute atomic E-state index is 12.6. The van der Waals surface area contributed by atoms with Crippen LogP contribution in [0.15, 0.2) is 18.2 Å². The first kappa shape index (κ1) is 17.1. The van der Waals surface area contributed by atoms with E-state index in [1.54, 1.807) is 13.0 Å². The fraction of sp³-hybridized carbons (Fsp3) is 0.588. The summed E-state index contributed by atoms with van der Waals surface area (Å²) in [6.45, 7) is 6.33. The molecule has 4 nitrogen and oxygen atoms in total. The number of likely N-dealkylation sites (tertiary alicyclic amines) is 1. The van der Waals surface area contributed by atoms with Gasteiger partial charge in [0.05, 0.1) is 5.02 Å². The monoisotopic (exact) mass is 324 g/mol. The van der Waals surface area contributed by atoms with Crippen molar-refractivity contribution in [2.24, 2.45) is 5.92 Å². The average Bonchev–Trinajstić information content (AvgIpc) is 2.50. The Kier molecular flexibility index (Phi) is 6.09. The number of nitrogens with one attached hydrogen (secondary N) is 1. The first-order valence-corrected chi connectivity index (χ1v) is 8.25. The normalized spacial score (nSPS) is 19.8. The van der Waals surface area contributed by atoms with Crippen molar-refractivity contribution in [1.29, 1.82) is 0 Å². The van der Waals surface area contributed by atoms with Crippen LogP contribution in [0.1, 0.15) is 25.3 Å². The summed E-state index contributed by atoms with van der Waals surface area (Å²) in [6.07, 6.45) is 1.70. The molecule has 1 amide bonds. The molecule has 2 rings (SSSR count). The van der Waals surface area contributed by atoms with Crippen molar-refractivity contribution in [2.45, 2.75) is 32.8 Å². The largest absolute Gasteiger partial charge is 0.479 e. The lowest BCUT2D eigenvalue weighted by Gasteiger charge is -2.34. The van der Waals surface area contributed by atoms with Gasteiger partial charge in [0.15, 0.2) is 6.10 Å². The molecule has 0 aliphatic carbocycles. The van der Waals surface area contributed by atoms with Crippen LogP contribution in [0, 0.1) is 12.8 Å². The van der Waals surface area contributed by atoms with Crippen molar-refractivity contribution in [3.8, 4) is 5.75 Å². The molecule has 22 heavy (non-hydrogen) atoms. The van der Waals surface area contributed by atoms with Gasteiger partial charge in [-0.25, -0.2) is 0 Å². The van der Waals surface area contributed by atoms with Gasteiger partial charge in [-0.15, -0.1) is 0 Å². The van der Waals surface area contributed by atoms with Crippen LogP contribution < -0.4 is 10.1 Å². The molecule has 1 aromatic rings. The SMILES string of the molecule is CNC[C@@H]1CCCN(C(=O)[C@@H](C)Oc2cc(C)ccc2Cl)C1. The number of hydrogen-bond acceptors (Lipinski definition) is 3. The average molecular weight is 325 g/mol. The second-order valence-electron chi connectivity index (χ2n) is 6.04. The molecule has 1 aliphatic heterocycles. The lowest BCUT2D eigenvalue weighted by atomic mass is 9.97. The third-order valence-electron chi connectivity index (χ3n) is 4.06. The zero-order chi connectivity index (χ0) is 16.1. The van der Waals surface area contributed by atoms with Crippen molar-refractivity contribution in [1.82, 2.24) is 10.2 Å². The standard InChI is InChI=1S/C17H25ClN2O2/c1-12-6-7-15(18)16(9-12)22-13(2)17(21)20-8-4-5-14(11-20)10-19-3/h6-7,9,13-14,19H,4-5,8,10-11H2,1-3H3/t13-,14+/m1/s1. The van der Waals surface area contributed by atoms with Crippen LogP contribution in [0.5, 0.6) is 5.75 Å². The van der Waals surface area contributed by atoms with Crippen LogP contribution in [-0.4, -0.2) is 43.6 Å². The van der Waals surface area contributed by atoms with E-state index in [0.29, 0.717) is 16.7 Å². The molecule has 122 valence electrons. The van der Waals surface area contributed by atoms with E-state index in [4.69, 9.17) is 16.3 Å². The molecule has 1 N–H and O–H groups in total. The Hall–Kier alpha value is -1.26. The molecule has 1 aromatic carbocycles. The number of benzene rings is 1. The number of nitrogens with zero attached hydrogens (tertiary/aromatic N) is 1. The Morgan fingerprint density at radius 1 is 1.55 bits per heavy atom. The van der Waals surface area contributed by atoms with Crippen LogP contribution in [-0.2, 0) is 4.79 Å². The molecule has 0 saturated carbocycles. The van der Waals surface area contributed by atoms with Crippen LogP contribution in [0.4, 0.5) is 0 Å². The fourth-order valence-electron chi connectivity index (χ4n) is 2.92. The van der Waals surface area contributed by atoms with E-state index < -0.39 is 6.10 Å². The first-order chi connectivity index (χ1) is 10.5. The van der Waals surface area contributed by atoms with Crippen molar-refractivity contribution in [3.05, 3.63) is 28.8 Å². The Morgan fingerprint density at radius 3 is 3.05 bits per heavy atom. The molecule has 5 heteroatoms. The second kappa shape index (κ2) is 7.84. The van der Waals surface area contributed by atoms with Crippen LogP contribution in [0.3, 0.4) is 0 Å². The van der Waals surface area contributed by atoms with Gasteiger partial charge in [-0.2, -0.15) is 0 Å². The summed E-state index contributed by atoms with van der Waals surface area (Å²) < 4.78 is 5.80. The highest BCUT2D eigenvalue weighted by molar-refractivity contribution is 6.32. The number of rotatable bonds is 5. The second-order valence-corrected chi connectivity index (χ2v) is 6.45. The molecule has 1 aliphatic rings. The molecule has 1 saturated heterocycles. The number of piperidine rings is 1. The third kappa shape index (κ3) is 4.37. The molecule has 0 aromatic heterocycles. The van der Waals surface area contributed by atoms with Gasteiger partial charge in [0, 0.05) is 13.1 Å². The number of halogens is 1. The van der Waals surface area contributed by atoms with Gasteiger partial charge in [0.2, 0.25) is 0 Å². The fourth-order valence-corrected chi connectivity index (χ4v) is 3.08. The number of amides is 1. The van der Waals surface area contributed by atoms with Gasteiger partial charge >= 0.3 is 0 Å². The topological polar surface area (TPSA) is 41.6 Å². The molecular weight excluding hydrogens is 300 g/mol. The Labute approximate surface area is 137 Å². The number of hydrogen-bond donors (Lipinski definition) is 1. The summed E-state index contributed by atoms with van der Waals surface area (Å²) in [5, 5.41) is 3.73. The predicted octanol–water partition coefficient (Wildman–Crippen LogP) is 2.87. The Balaban J connectivity index is 1.98. The van der Waals surface area contributed by atoms with Gasteiger partial charge < -0.3 is 15.0 Å². The summed E-state index contributed by atoms with van der Waals surface area (Å²) in [4.78, 5) is 14.5. The van der Waals surface area contributed by atoms with Crippen LogP contribution >= 0.6 is 11.6 Å². The zero-order valence-electron chi connectivity index (χ0n) is 13.6. The molecule has 1 fully saturated rings. The minimum atomic E-state index is -0.521. The summed E-state index contributed by atoms with van der Waals surface area (Å²) in [5.41, 5.74) is 1.06. The summed E-state index contributed by atoms with van der Waals surface area (Å²) in [7, 11) is 1.95. The van der Waals surface area contributed by atoms with Crippen molar-refractivity contribution < 1.29 is 9.53 Å². The highest BCUT2D eigenvalue weighted by Gasteiger charge is 2.27. The summed E-state index contributed by atoms with van der Waals surface area (Å²) in [5.74, 6) is 1.14. The highest BCUT2D eigenvalue weighted by Crippen LogP contribution is 2.27. The lowest BCUT2D eigenvalue weighted by molar-refractivity contribution is -0.139. The predicted molar refractivity (Wildman–Crippen MR) is 89.5 cm³/mol. The maximum atomic E-state index is 12.6. The quantitative estimate of drug-likeness (QED) is 0.905. The highest BCUT2D eigenvalue weighted by atomic mass is 35.5. The van der Waals surface area contributed by atoms with Gasteiger partial charge in [-0.3, -0.25) is 4.79 Å². The van der Waals surface area contributed by atoms with Crippen molar-refractivity contribution >= 4 is 17.5 Å². The molecular formula is C17H25ClN2O2. The number of ether oxygens (including phenoxy) is 1.